The maximum atomic E-state index is 12.1. The first-order valence-corrected chi connectivity index (χ1v) is 6.36. The van der Waals surface area contributed by atoms with Crippen molar-refractivity contribution in [2.45, 2.75) is 53.1 Å². The van der Waals surface area contributed by atoms with Crippen LogP contribution in [0.1, 0.15) is 57.5 Å². The van der Waals surface area contributed by atoms with Crippen LogP contribution in [-0.2, 0) is 5.41 Å². The highest BCUT2D eigenvalue weighted by Crippen LogP contribution is 2.25. The van der Waals surface area contributed by atoms with E-state index in [9.17, 15) is 9.90 Å². The fourth-order valence-corrected chi connectivity index (χ4v) is 1.69. The van der Waals surface area contributed by atoms with E-state index in [1.165, 1.54) is 5.56 Å². The molecule has 1 aromatic carbocycles. The van der Waals surface area contributed by atoms with E-state index in [1.54, 1.807) is 12.1 Å². The third-order valence-electron chi connectivity index (χ3n) is 3.10. The molecule has 100 valence electrons. The molecule has 1 atom stereocenters. The van der Waals surface area contributed by atoms with Gasteiger partial charge < -0.3 is 5.11 Å². The van der Waals surface area contributed by atoms with Crippen LogP contribution in [-0.4, -0.2) is 17.0 Å². The zero-order valence-corrected chi connectivity index (χ0v) is 12.2. The van der Waals surface area contributed by atoms with Gasteiger partial charge in [0.05, 0.1) is 0 Å². The van der Waals surface area contributed by atoms with Crippen LogP contribution < -0.4 is 0 Å². The molecule has 2 heteroatoms. The maximum absolute atomic E-state index is 12.1. The number of carbonyl (C=O) groups is 1. The molecule has 0 saturated carbocycles. The summed E-state index contributed by atoms with van der Waals surface area (Å²) in [6.07, 6.45) is -0.960. The molecule has 0 saturated heterocycles. The van der Waals surface area contributed by atoms with Crippen molar-refractivity contribution in [1.29, 1.82) is 0 Å². The molecule has 0 aliphatic carbocycles. The van der Waals surface area contributed by atoms with Gasteiger partial charge in [0.15, 0.2) is 5.78 Å². The van der Waals surface area contributed by atoms with Crippen LogP contribution in [0.2, 0.25) is 0 Å². The van der Waals surface area contributed by atoms with Gasteiger partial charge in [0.1, 0.15) is 6.10 Å². The molecule has 1 rings (SSSR count). The van der Waals surface area contributed by atoms with Crippen molar-refractivity contribution in [3.05, 3.63) is 35.4 Å². The smallest absolute Gasteiger partial charge is 0.191 e. The third-order valence-corrected chi connectivity index (χ3v) is 3.10. The molecule has 0 heterocycles. The third kappa shape index (κ3) is 3.42. The van der Waals surface area contributed by atoms with E-state index in [-0.39, 0.29) is 11.2 Å². The van der Waals surface area contributed by atoms with Crippen molar-refractivity contribution in [2.24, 2.45) is 5.41 Å². The second-order valence-corrected chi connectivity index (χ2v) is 6.96. The summed E-state index contributed by atoms with van der Waals surface area (Å²) in [5.74, 6) is -0.206. The van der Waals surface area contributed by atoms with Crippen LogP contribution in [0.15, 0.2) is 24.3 Å². The number of hydrogen-bond acceptors (Lipinski definition) is 2. The summed E-state index contributed by atoms with van der Waals surface area (Å²) in [6.45, 7) is 12.0. The fourth-order valence-electron chi connectivity index (χ4n) is 1.69. The van der Waals surface area contributed by atoms with E-state index in [2.05, 4.69) is 20.8 Å². The van der Waals surface area contributed by atoms with Crippen LogP contribution in [0.5, 0.6) is 0 Å². The monoisotopic (exact) mass is 248 g/mol. The number of aliphatic hydroxyl groups is 1. The number of Topliss-reactive ketones (excluding diaryl/α,β-unsaturated/α-hetero) is 1. The van der Waals surface area contributed by atoms with Crippen molar-refractivity contribution < 1.29 is 9.90 Å². The molecule has 0 radical (unpaired) electrons. The molecule has 1 unspecified atom stereocenters. The van der Waals surface area contributed by atoms with Gasteiger partial charge in [-0.2, -0.15) is 0 Å². The van der Waals surface area contributed by atoms with E-state index < -0.39 is 11.5 Å². The van der Waals surface area contributed by atoms with Gasteiger partial charge in [-0.05, 0) is 16.4 Å². The second-order valence-electron chi connectivity index (χ2n) is 6.96. The maximum Gasteiger partial charge on any atom is 0.191 e. The van der Waals surface area contributed by atoms with Crippen LogP contribution in [0.4, 0.5) is 0 Å². The SMILES string of the molecule is CC(C)(C)c1ccc(C(=O)C(O)C(C)(C)C)cc1. The molecule has 0 bridgehead atoms. The molecule has 0 fully saturated rings. The summed E-state index contributed by atoms with van der Waals surface area (Å²) in [5, 5.41) is 9.99. The van der Waals surface area contributed by atoms with Crippen molar-refractivity contribution in [2.75, 3.05) is 0 Å². The Balaban J connectivity index is 2.96. The Bertz CT molecular complexity index is 416. The lowest BCUT2D eigenvalue weighted by Crippen LogP contribution is -2.34. The van der Waals surface area contributed by atoms with Gasteiger partial charge in [0.25, 0.3) is 0 Å². The summed E-state index contributed by atoms with van der Waals surface area (Å²) in [7, 11) is 0. The molecular formula is C16H24O2. The first-order chi connectivity index (χ1) is 8.03. The lowest BCUT2D eigenvalue weighted by molar-refractivity contribution is 0.0442. The minimum Gasteiger partial charge on any atom is -0.384 e. The number of aliphatic hydroxyl groups excluding tert-OH is 1. The summed E-state index contributed by atoms with van der Waals surface area (Å²) >= 11 is 0. The van der Waals surface area contributed by atoms with E-state index in [4.69, 9.17) is 0 Å². The molecule has 1 aromatic rings. The van der Waals surface area contributed by atoms with Gasteiger partial charge in [0, 0.05) is 5.56 Å². The van der Waals surface area contributed by atoms with Crippen LogP contribution >= 0.6 is 0 Å². The lowest BCUT2D eigenvalue weighted by atomic mass is 9.83. The fraction of sp³-hybridized carbons (Fsp3) is 0.562. The van der Waals surface area contributed by atoms with Gasteiger partial charge in [-0.15, -0.1) is 0 Å². The molecular weight excluding hydrogens is 224 g/mol. The Hall–Kier alpha value is -1.15. The minimum atomic E-state index is -0.960. The average Bonchev–Trinajstić information content (AvgIpc) is 2.25. The van der Waals surface area contributed by atoms with Crippen molar-refractivity contribution in [3.63, 3.8) is 0 Å². The number of rotatable bonds is 2. The Morgan fingerprint density at radius 2 is 1.44 bits per heavy atom. The predicted molar refractivity (Wildman–Crippen MR) is 74.9 cm³/mol. The quantitative estimate of drug-likeness (QED) is 0.812. The standard InChI is InChI=1S/C16H24O2/c1-15(2,3)12-9-7-11(8-10-12)13(17)14(18)16(4,5)6/h7-10,14,18H,1-6H3. The zero-order chi connectivity index (χ0) is 14.1. The number of ketones is 1. The van der Waals surface area contributed by atoms with Gasteiger partial charge >= 0.3 is 0 Å². The van der Waals surface area contributed by atoms with Gasteiger partial charge in [-0.25, -0.2) is 0 Å². The zero-order valence-electron chi connectivity index (χ0n) is 12.2. The van der Waals surface area contributed by atoms with Gasteiger partial charge in [0.2, 0.25) is 0 Å². The molecule has 1 N–H and O–H groups in total. The molecule has 0 aliphatic heterocycles. The van der Waals surface area contributed by atoms with Gasteiger partial charge in [-0.3, -0.25) is 4.79 Å². The Labute approximate surface area is 110 Å². The molecule has 0 amide bonds. The Morgan fingerprint density at radius 1 is 1.00 bits per heavy atom. The number of carbonyl (C=O) groups excluding carboxylic acids is 1. The molecule has 2 nitrogen and oxygen atoms in total. The van der Waals surface area contributed by atoms with Crippen LogP contribution in [0.25, 0.3) is 0 Å². The summed E-state index contributed by atoms with van der Waals surface area (Å²) in [4.78, 5) is 12.1. The van der Waals surface area contributed by atoms with Crippen molar-refractivity contribution >= 4 is 5.78 Å². The van der Waals surface area contributed by atoms with E-state index in [0.29, 0.717) is 5.56 Å². The van der Waals surface area contributed by atoms with Crippen LogP contribution in [0, 0.1) is 5.41 Å². The summed E-state index contributed by atoms with van der Waals surface area (Å²) in [6, 6.07) is 7.53. The lowest BCUT2D eigenvalue weighted by Gasteiger charge is -2.25. The van der Waals surface area contributed by atoms with E-state index in [1.807, 2.05) is 32.9 Å². The van der Waals surface area contributed by atoms with Gasteiger partial charge in [-0.1, -0.05) is 65.8 Å². The highest BCUT2D eigenvalue weighted by Gasteiger charge is 2.29. The topological polar surface area (TPSA) is 37.3 Å². The first kappa shape index (κ1) is 14.9. The number of hydrogen-bond donors (Lipinski definition) is 1. The normalized spacial score (nSPS) is 14.4. The average molecular weight is 248 g/mol. The van der Waals surface area contributed by atoms with E-state index in [0.717, 1.165) is 0 Å². The highest BCUT2D eigenvalue weighted by atomic mass is 16.3. The molecule has 18 heavy (non-hydrogen) atoms. The molecule has 0 aromatic heterocycles. The highest BCUT2D eigenvalue weighted by molar-refractivity contribution is 5.99. The number of benzene rings is 1. The first-order valence-electron chi connectivity index (χ1n) is 6.36. The largest absolute Gasteiger partial charge is 0.384 e. The summed E-state index contributed by atoms with van der Waals surface area (Å²) in [5.41, 5.74) is 1.40. The summed E-state index contributed by atoms with van der Waals surface area (Å²) < 4.78 is 0. The molecule has 0 spiro atoms. The predicted octanol–water partition coefficient (Wildman–Crippen LogP) is 3.57. The Morgan fingerprint density at radius 3 is 1.78 bits per heavy atom. The van der Waals surface area contributed by atoms with Crippen molar-refractivity contribution in [3.8, 4) is 0 Å². The van der Waals surface area contributed by atoms with Crippen molar-refractivity contribution in [1.82, 2.24) is 0 Å². The molecule has 0 aliphatic rings. The minimum absolute atomic E-state index is 0.0736. The Kier molecular flexibility index (Phi) is 4.02. The van der Waals surface area contributed by atoms with Crippen LogP contribution in [0.3, 0.4) is 0 Å². The van der Waals surface area contributed by atoms with E-state index >= 15 is 0 Å². The second kappa shape index (κ2) is 4.85.